The Hall–Kier alpha value is -2.57. The number of carbonyl (C=O) groups excluding carboxylic acids is 1. The van der Waals surface area contributed by atoms with Gasteiger partial charge in [0.1, 0.15) is 17.8 Å². The first-order valence-electron chi connectivity index (χ1n) is 6.04. The summed E-state index contributed by atoms with van der Waals surface area (Å²) in [6.45, 7) is 1.63. The number of fused-ring (bicyclic) bond motifs is 3. The topological polar surface area (TPSA) is 79.3 Å². The first-order chi connectivity index (χ1) is 9.52. The molecule has 0 fully saturated rings. The molecule has 104 valence electrons. The molecule has 0 bridgehead atoms. The van der Waals surface area contributed by atoms with Crippen LogP contribution in [0.1, 0.15) is 5.76 Å². The quantitative estimate of drug-likeness (QED) is 0.651. The summed E-state index contributed by atoms with van der Waals surface area (Å²) in [5, 5.41) is 4.64. The number of furan rings is 1. The maximum absolute atomic E-state index is 12.4. The number of rotatable bonds is 2. The highest BCUT2D eigenvalue weighted by Crippen LogP contribution is 2.27. The molecule has 0 unspecified atom stereocenters. The van der Waals surface area contributed by atoms with E-state index in [4.69, 9.17) is 4.42 Å². The Kier molecular flexibility index (Phi) is 2.63. The van der Waals surface area contributed by atoms with E-state index in [0.29, 0.717) is 16.5 Å². The van der Waals surface area contributed by atoms with E-state index in [9.17, 15) is 9.59 Å². The molecule has 0 saturated carbocycles. The van der Waals surface area contributed by atoms with Crippen LogP contribution in [-0.2, 0) is 23.1 Å². The monoisotopic (exact) mass is 275 g/mol. The molecule has 0 aliphatic carbocycles. The van der Waals surface area contributed by atoms with Gasteiger partial charge < -0.3 is 13.7 Å². The first kappa shape index (κ1) is 12.5. The first-order valence-corrected chi connectivity index (χ1v) is 6.04. The molecule has 0 spiro atoms. The number of hydrogen-bond acceptors (Lipinski definition) is 5. The largest absolute Gasteiger partial charge is 0.468 e. The van der Waals surface area contributed by atoms with E-state index >= 15 is 0 Å². The van der Waals surface area contributed by atoms with E-state index in [-0.39, 0.29) is 12.1 Å². The zero-order chi connectivity index (χ0) is 14.4. The zero-order valence-electron chi connectivity index (χ0n) is 11.3. The van der Waals surface area contributed by atoms with Gasteiger partial charge in [-0.1, -0.05) is 0 Å². The van der Waals surface area contributed by atoms with Crippen LogP contribution in [0.3, 0.4) is 0 Å². The molecule has 20 heavy (non-hydrogen) atoms. The van der Waals surface area contributed by atoms with Gasteiger partial charge in [0.25, 0.3) is 5.56 Å². The smallest absolute Gasteiger partial charge is 0.327 e. The molecule has 0 saturated heterocycles. The minimum Gasteiger partial charge on any atom is -0.468 e. The van der Waals surface area contributed by atoms with Crippen molar-refractivity contribution in [1.82, 2.24) is 14.3 Å². The van der Waals surface area contributed by atoms with Gasteiger partial charge in [-0.15, -0.1) is 0 Å². The summed E-state index contributed by atoms with van der Waals surface area (Å²) in [5.41, 5.74) is 1.57. The molecule has 3 aromatic heterocycles. The molecule has 0 N–H and O–H groups in total. The third-order valence-corrected chi connectivity index (χ3v) is 3.30. The maximum Gasteiger partial charge on any atom is 0.327 e. The highest BCUT2D eigenvalue weighted by atomic mass is 16.5. The molecule has 0 aliphatic rings. The van der Waals surface area contributed by atoms with Crippen LogP contribution in [0.15, 0.2) is 21.5 Å². The summed E-state index contributed by atoms with van der Waals surface area (Å²) in [4.78, 5) is 23.7. The molecule has 0 radical (unpaired) electrons. The van der Waals surface area contributed by atoms with Gasteiger partial charge >= 0.3 is 5.97 Å². The molecule has 7 heteroatoms. The van der Waals surface area contributed by atoms with Crippen molar-refractivity contribution in [3.05, 3.63) is 28.4 Å². The van der Waals surface area contributed by atoms with Crippen LogP contribution in [0.25, 0.3) is 22.0 Å². The molecule has 0 aliphatic heterocycles. The van der Waals surface area contributed by atoms with Crippen molar-refractivity contribution in [2.75, 3.05) is 7.11 Å². The number of aromatic nitrogens is 3. The lowest BCUT2D eigenvalue weighted by Crippen LogP contribution is -2.27. The summed E-state index contributed by atoms with van der Waals surface area (Å²) in [6.07, 6.45) is 1.53. The van der Waals surface area contributed by atoms with Gasteiger partial charge in [0.15, 0.2) is 5.58 Å². The number of methoxy groups -OCH3 is 1. The third-order valence-electron chi connectivity index (χ3n) is 3.30. The molecule has 3 aromatic rings. The van der Waals surface area contributed by atoms with E-state index in [1.807, 2.05) is 13.0 Å². The van der Waals surface area contributed by atoms with Gasteiger partial charge in [-0.25, -0.2) is 4.68 Å². The Morgan fingerprint density at radius 2 is 2.25 bits per heavy atom. The number of esters is 1. The van der Waals surface area contributed by atoms with Crippen LogP contribution >= 0.6 is 0 Å². The molecule has 3 heterocycles. The second-order valence-electron chi connectivity index (χ2n) is 4.58. The van der Waals surface area contributed by atoms with Crippen molar-refractivity contribution in [2.45, 2.75) is 13.5 Å². The van der Waals surface area contributed by atoms with Crippen molar-refractivity contribution < 1.29 is 13.9 Å². The summed E-state index contributed by atoms with van der Waals surface area (Å²) >= 11 is 0. The lowest BCUT2D eigenvalue weighted by atomic mass is 10.3. The molecular formula is C13H13N3O4. The van der Waals surface area contributed by atoms with Crippen LogP contribution in [0.5, 0.6) is 0 Å². The molecule has 0 amide bonds. The minimum atomic E-state index is -0.521. The number of hydrogen-bond donors (Lipinski definition) is 0. The predicted molar refractivity (Wildman–Crippen MR) is 71.5 cm³/mol. The third kappa shape index (κ3) is 1.63. The lowest BCUT2D eigenvalue weighted by Gasteiger charge is -2.03. The standard InChI is InChI=1S/C13H13N3O4/c1-7-4-9-12(20-7)8-5-14-16(6-10(17)19-3)13(18)11(8)15(9)2/h4-5H,6H2,1-3H3. The van der Waals surface area contributed by atoms with Gasteiger partial charge in [0.05, 0.1) is 24.2 Å². The van der Waals surface area contributed by atoms with Crippen molar-refractivity contribution in [3.63, 3.8) is 0 Å². The molecule has 0 atom stereocenters. The zero-order valence-corrected chi connectivity index (χ0v) is 11.3. The average Bonchev–Trinajstić information content (AvgIpc) is 2.91. The molecule has 3 rings (SSSR count). The summed E-state index contributed by atoms with van der Waals surface area (Å²) in [6, 6.07) is 1.86. The van der Waals surface area contributed by atoms with Crippen LogP contribution in [0, 0.1) is 6.92 Å². The predicted octanol–water partition coefficient (Wildman–Crippen LogP) is 0.963. The Balaban J connectivity index is 2.30. The van der Waals surface area contributed by atoms with Crippen molar-refractivity contribution in [1.29, 1.82) is 0 Å². The van der Waals surface area contributed by atoms with E-state index < -0.39 is 5.97 Å². The Bertz CT molecular complexity index is 884. The minimum absolute atomic E-state index is 0.211. The van der Waals surface area contributed by atoms with Crippen molar-refractivity contribution in [3.8, 4) is 0 Å². The normalized spacial score (nSPS) is 11.3. The fourth-order valence-electron chi connectivity index (χ4n) is 2.33. The van der Waals surface area contributed by atoms with E-state index in [0.717, 1.165) is 16.0 Å². The van der Waals surface area contributed by atoms with E-state index in [2.05, 4.69) is 9.84 Å². The summed E-state index contributed by atoms with van der Waals surface area (Å²) in [5.74, 6) is 0.249. The van der Waals surface area contributed by atoms with Gasteiger partial charge in [0, 0.05) is 13.1 Å². The average molecular weight is 275 g/mol. The van der Waals surface area contributed by atoms with Gasteiger partial charge in [0.2, 0.25) is 0 Å². The Labute approximate surface area is 113 Å². The van der Waals surface area contributed by atoms with Gasteiger partial charge in [-0.2, -0.15) is 5.10 Å². The fourth-order valence-corrected chi connectivity index (χ4v) is 2.33. The van der Waals surface area contributed by atoms with Crippen LogP contribution in [0.2, 0.25) is 0 Å². The Morgan fingerprint density at radius 3 is 2.95 bits per heavy atom. The highest BCUT2D eigenvalue weighted by molar-refractivity contribution is 6.04. The number of nitrogens with zero attached hydrogens (tertiary/aromatic N) is 3. The SMILES string of the molecule is COC(=O)Cn1ncc2c3oc(C)cc3n(C)c2c1=O. The molecular weight excluding hydrogens is 262 g/mol. The summed E-state index contributed by atoms with van der Waals surface area (Å²) in [7, 11) is 3.05. The summed E-state index contributed by atoms with van der Waals surface area (Å²) < 4.78 is 13.0. The van der Waals surface area contributed by atoms with Gasteiger partial charge in [-0.05, 0) is 6.92 Å². The van der Waals surface area contributed by atoms with Crippen molar-refractivity contribution >= 4 is 28.0 Å². The number of ether oxygens (including phenoxy) is 1. The van der Waals surface area contributed by atoms with Gasteiger partial charge in [-0.3, -0.25) is 9.59 Å². The van der Waals surface area contributed by atoms with Crippen molar-refractivity contribution in [2.24, 2.45) is 7.05 Å². The van der Waals surface area contributed by atoms with E-state index in [1.54, 1.807) is 11.6 Å². The highest BCUT2D eigenvalue weighted by Gasteiger charge is 2.18. The van der Waals surface area contributed by atoms with Crippen LogP contribution in [-0.4, -0.2) is 27.4 Å². The number of aryl methyl sites for hydroxylation is 2. The maximum atomic E-state index is 12.4. The second-order valence-corrected chi connectivity index (χ2v) is 4.58. The van der Waals surface area contributed by atoms with Crippen LogP contribution in [0.4, 0.5) is 0 Å². The Morgan fingerprint density at radius 1 is 1.50 bits per heavy atom. The fraction of sp³-hybridized carbons (Fsp3) is 0.308. The molecule has 7 nitrogen and oxygen atoms in total. The van der Waals surface area contributed by atoms with E-state index in [1.165, 1.54) is 13.3 Å². The molecule has 0 aromatic carbocycles. The van der Waals surface area contributed by atoms with Crippen LogP contribution < -0.4 is 5.56 Å². The lowest BCUT2D eigenvalue weighted by molar-refractivity contribution is -0.141. The second kappa shape index (κ2) is 4.22. The number of carbonyl (C=O) groups is 1.